The molecule has 0 saturated heterocycles. The SMILES string of the molecule is CC(C)(C)c1ccc2c(c1)c1cc(N(c3ccc(F)cc3)c3ccc(N(c4ccccc4)c4ccccc4)cc3)ccc1n2-c1ccccc1. The van der Waals surface area contributed by atoms with E-state index in [0.29, 0.717) is 0 Å². The first-order valence-corrected chi connectivity index (χ1v) is 17.1. The molecule has 0 fully saturated rings. The number of benzene rings is 7. The molecular formula is C46H38FN3. The Morgan fingerprint density at radius 1 is 0.420 bits per heavy atom. The first-order chi connectivity index (χ1) is 24.3. The molecule has 0 N–H and O–H groups in total. The number of para-hydroxylation sites is 3. The molecule has 1 aromatic heterocycles. The van der Waals surface area contributed by atoms with E-state index in [4.69, 9.17) is 0 Å². The van der Waals surface area contributed by atoms with E-state index in [1.165, 1.54) is 23.1 Å². The highest BCUT2D eigenvalue weighted by molar-refractivity contribution is 6.11. The van der Waals surface area contributed by atoms with Crippen molar-refractivity contribution in [3.8, 4) is 5.69 Å². The molecule has 0 aliphatic carbocycles. The van der Waals surface area contributed by atoms with Crippen molar-refractivity contribution >= 4 is 55.9 Å². The third-order valence-electron chi connectivity index (χ3n) is 9.37. The summed E-state index contributed by atoms with van der Waals surface area (Å²) in [6.45, 7) is 6.77. The van der Waals surface area contributed by atoms with Crippen molar-refractivity contribution in [2.24, 2.45) is 0 Å². The lowest BCUT2D eigenvalue weighted by Crippen LogP contribution is -2.12. The molecule has 0 amide bonds. The van der Waals surface area contributed by atoms with Crippen LogP contribution >= 0.6 is 0 Å². The third kappa shape index (κ3) is 5.79. The molecule has 8 rings (SSSR count). The molecule has 244 valence electrons. The van der Waals surface area contributed by atoms with Gasteiger partial charge in [0.05, 0.1) is 11.0 Å². The van der Waals surface area contributed by atoms with Crippen LogP contribution in [0.4, 0.5) is 38.5 Å². The van der Waals surface area contributed by atoms with E-state index >= 15 is 0 Å². The first kappa shape index (κ1) is 31.2. The van der Waals surface area contributed by atoms with Crippen LogP contribution in [-0.2, 0) is 5.41 Å². The molecule has 0 atom stereocenters. The normalized spacial score (nSPS) is 11.6. The van der Waals surface area contributed by atoms with Gasteiger partial charge in [-0.15, -0.1) is 0 Å². The fraction of sp³-hybridized carbons (Fsp3) is 0.0870. The Morgan fingerprint density at radius 3 is 1.34 bits per heavy atom. The van der Waals surface area contributed by atoms with Crippen LogP contribution in [0.25, 0.3) is 27.5 Å². The van der Waals surface area contributed by atoms with Crippen LogP contribution in [0.15, 0.2) is 176 Å². The van der Waals surface area contributed by atoms with Gasteiger partial charge in [-0.3, -0.25) is 0 Å². The van der Waals surface area contributed by atoms with Gasteiger partial charge in [0.25, 0.3) is 0 Å². The van der Waals surface area contributed by atoms with Crippen LogP contribution in [0.2, 0.25) is 0 Å². The Morgan fingerprint density at radius 2 is 0.820 bits per heavy atom. The number of hydrogen-bond donors (Lipinski definition) is 0. The zero-order valence-electron chi connectivity index (χ0n) is 28.5. The number of aromatic nitrogens is 1. The Bertz CT molecular complexity index is 2350. The van der Waals surface area contributed by atoms with Gasteiger partial charge in [-0.1, -0.05) is 81.4 Å². The van der Waals surface area contributed by atoms with Gasteiger partial charge in [0, 0.05) is 50.6 Å². The smallest absolute Gasteiger partial charge is 0.123 e. The molecule has 7 aromatic carbocycles. The number of rotatable bonds is 7. The lowest BCUT2D eigenvalue weighted by atomic mass is 9.86. The van der Waals surface area contributed by atoms with Gasteiger partial charge in [-0.2, -0.15) is 0 Å². The second kappa shape index (κ2) is 12.7. The zero-order valence-corrected chi connectivity index (χ0v) is 28.5. The number of fused-ring (bicyclic) bond motifs is 3. The minimum absolute atomic E-state index is 0.00223. The van der Waals surface area contributed by atoms with E-state index in [-0.39, 0.29) is 11.2 Å². The van der Waals surface area contributed by atoms with Crippen molar-refractivity contribution < 1.29 is 4.39 Å². The van der Waals surface area contributed by atoms with E-state index in [1.54, 1.807) is 0 Å². The van der Waals surface area contributed by atoms with E-state index in [2.05, 4.69) is 175 Å². The molecule has 50 heavy (non-hydrogen) atoms. The fourth-order valence-corrected chi connectivity index (χ4v) is 6.86. The van der Waals surface area contributed by atoms with E-state index in [9.17, 15) is 4.39 Å². The van der Waals surface area contributed by atoms with Crippen molar-refractivity contribution in [2.45, 2.75) is 26.2 Å². The molecule has 0 radical (unpaired) electrons. The predicted molar refractivity (Wildman–Crippen MR) is 209 cm³/mol. The summed E-state index contributed by atoms with van der Waals surface area (Å²) in [4.78, 5) is 4.46. The second-order valence-corrected chi connectivity index (χ2v) is 13.7. The lowest BCUT2D eigenvalue weighted by molar-refractivity contribution is 0.591. The van der Waals surface area contributed by atoms with Crippen molar-refractivity contribution in [3.63, 3.8) is 0 Å². The van der Waals surface area contributed by atoms with Gasteiger partial charge < -0.3 is 14.4 Å². The monoisotopic (exact) mass is 651 g/mol. The zero-order chi connectivity index (χ0) is 34.2. The molecule has 3 nitrogen and oxygen atoms in total. The third-order valence-corrected chi connectivity index (χ3v) is 9.37. The molecule has 0 spiro atoms. The van der Waals surface area contributed by atoms with E-state index < -0.39 is 0 Å². The topological polar surface area (TPSA) is 11.4 Å². The van der Waals surface area contributed by atoms with Crippen LogP contribution in [0.5, 0.6) is 0 Å². The molecule has 0 aliphatic rings. The first-order valence-electron chi connectivity index (χ1n) is 17.1. The maximum Gasteiger partial charge on any atom is 0.123 e. The molecular weight excluding hydrogens is 614 g/mol. The summed E-state index contributed by atoms with van der Waals surface area (Å²) in [5.41, 5.74) is 10.8. The lowest BCUT2D eigenvalue weighted by Gasteiger charge is -2.28. The van der Waals surface area contributed by atoms with Crippen LogP contribution in [0, 0.1) is 5.82 Å². The number of halogens is 1. The minimum atomic E-state index is -0.262. The van der Waals surface area contributed by atoms with Crippen LogP contribution in [-0.4, -0.2) is 4.57 Å². The minimum Gasteiger partial charge on any atom is -0.311 e. The largest absolute Gasteiger partial charge is 0.311 e. The highest BCUT2D eigenvalue weighted by Crippen LogP contribution is 2.42. The highest BCUT2D eigenvalue weighted by atomic mass is 19.1. The van der Waals surface area contributed by atoms with Crippen molar-refractivity contribution in [3.05, 3.63) is 187 Å². The predicted octanol–water partition coefficient (Wildman–Crippen LogP) is 13.2. The molecule has 1 heterocycles. The van der Waals surface area contributed by atoms with E-state index in [1.807, 2.05) is 24.3 Å². The second-order valence-electron chi connectivity index (χ2n) is 13.7. The average Bonchev–Trinajstić information content (AvgIpc) is 3.47. The van der Waals surface area contributed by atoms with Gasteiger partial charge in [0.15, 0.2) is 0 Å². The van der Waals surface area contributed by atoms with Gasteiger partial charge >= 0.3 is 0 Å². The van der Waals surface area contributed by atoms with Crippen molar-refractivity contribution in [1.82, 2.24) is 4.57 Å². The van der Waals surface area contributed by atoms with E-state index in [0.717, 1.165) is 56.2 Å². The van der Waals surface area contributed by atoms with Crippen molar-refractivity contribution in [1.29, 1.82) is 0 Å². The fourth-order valence-electron chi connectivity index (χ4n) is 6.86. The van der Waals surface area contributed by atoms with Crippen LogP contribution in [0.1, 0.15) is 26.3 Å². The summed E-state index contributed by atoms with van der Waals surface area (Å²) < 4.78 is 16.6. The number of anilines is 6. The van der Waals surface area contributed by atoms with Gasteiger partial charge in [0.2, 0.25) is 0 Å². The van der Waals surface area contributed by atoms with Crippen molar-refractivity contribution in [2.75, 3.05) is 9.80 Å². The summed E-state index contributed by atoms with van der Waals surface area (Å²) >= 11 is 0. The summed E-state index contributed by atoms with van der Waals surface area (Å²) in [6.07, 6.45) is 0. The quantitative estimate of drug-likeness (QED) is 0.170. The van der Waals surface area contributed by atoms with Crippen LogP contribution in [0.3, 0.4) is 0 Å². The summed E-state index contributed by atoms with van der Waals surface area (Å²) in [7, 11) is 0. The number of nitrogens with zero attached hydrogens (tertiary/aromatic N) is 3. The Kier molecular flexibility index (Phi) is 7.93. The molecule has 0 bridgehead atoms. The molecule has 4 heteroatoms. The molecule has 0 saturated carbocycles. The van der Waals surface area contributed by atoms with Gasteiger partial charge in [0.1, 0.15) is 5.82 Å². The summed E-state index contributed by atoms with van der Waals surface area (Å²) in [5.74, 6) is -0.262. The Hall–Kier alpha value is -6.13. The maximum absolute atomic E-state index is 14.3. The van der Waals surface area contributed by atoms with Gasteiger partial charge in [-0.05, 0) is 126 Å². The number of hydrogen-bond acceptors (Lipinski definition) is 2. The Balaban J connectivity index is 1.30. The summed E-state index contributed by atoms with van der Waals surface area (Å²) in [6, 6.07) is 60.2. The Labute approximate surface area is 293 Å². The maximum atomic E-state index is 14.3. The average molecular weight is 652 g/mol. The molecule has 8 aromatic rings. The summed E-state index contributed by atoms with van der Waals surface area (Å²) in [5, 5.41) is 2.37. The molecule has 0 unspecified atom stereocenters. The van der Waals surface area contributed by atoms with Crippen LogP contribution < -0.4 is 9.80 Å². The standard InChI is InChI=1S/C46H38FN3/c1-46(2,3)33-19-29-44-42(31-33)43-32-41(28-30-45(43)50(44)37-17-11-6-12-18-37)49(38-22-20-34(47)21-23-38)40-26-24-39(25-27-40)48(35-13-7-4-8-14-35)36-15-9-5-10-16-36/h4-32H,1-3H3. The highest BCUT2D eigenvalue weighted by Gasteiger charge is 2.21. The molecule has 0 aliphatic heterocycles. The van der Waals surface area contributed by atoms with Gasteiger partial charge in [-0.25, -0.2) is 4.39 Å².